The van der Waals surface area contributed by atoms with Crippen LogP contribution in [0.4, 0.5) is 8.78 Å². The highest BCUT2D eigenvalue weighted by Crippen LogP contribution is 2.40. The Morgan fingerprint density at radius 3 is 2.65 bits per heavy atom. The Morgan fingerprint density at radius 1 is 1.20 bits per heavy atom. The van der Waals surface area contributed by atoms with Gasteiger partial charge in [-0.2, -0.15) is 0 Å². The highest BCUT2D eigenvalue weighted by atomic mass is 19.2. The number of nitrogens with zero attached hydrogens (tertiary/aromatic N) is 1. The monoisotopic (exact) mass is 281 g/mol. The van der Waals surface area contributed by atoms with E-state index in [1.807, 2.05) is 0 Å². The summed E-state index contributed by atoms with van der Waals surface area (Å²) < 4.78 is 31.3. The first-order valence-electron chi connectivity index (χ1n) is 6.47. The van der Waals surface area contributed by atoms with E-state index in [0.29, 0.717) is 18.4 Å². The Morgan fingerprint density at radius 2 is 1.95 bits per heavy atom. The second-order valence-electron chi connectivity index (χ2n) is 5.16. The number of hydrogen-bond donors (Lipinski definition) is 0. The first-order chi connectivity index (χ1) is 9.49. The first kappa shape index (κ1) is 13.0. The van der Waals surface area contributed by atoms with Crippen molar-refractivity contribution >= 4 is 11.9 Å². The molecule has 0 spiro atoms. The number of ether oxygens (including phenoxy) is 1. The molecule has 0 bridgehead atoms. The SMILES string of the molecule is C[C@H]1OC(=O)C(=O)N2C(c3ccc(F)c(F)c3)CC[C@@H]12. The number of hydrogen-bond acceptors (Lipinski definition) is 3. The lowest BCUT2D eigenvalue weighted by Crippen LogP contribution is -2.53. The van der Waals surface area contributed by atoms with Gasteiger partial charge in [-0.1, -0.05) is 6.07 Å². The lowest BCUT2D eigenvalue weighted by atomic mass is 10.0. The van der Waals surface area contributed by atoms with Crippen molar-refractivity contribution in [1.29, 1.82) is 0 Å². The lowest BCUT2D eigenvalue weighted by molar-refractivity contribution is -0.176. The van der Waals surface area contributed by atoms with Crippen LogP contribution in [0.15, 0.2) is 18.2 Å². The number of carbonyl (C=O) groups excluding carboxylic acids is 2. The number of morpholine rings is 1. The Balaban J connectivity index is 1.96. The third kappa shape index (κ3) is 1.87. The molecule has 2 saturated heterocycles. The first-order valence-corrected chi connectivity index (χ1v) is 6.47. The van der Waals surface area contributed by atoms with Gasteiger partial charge in [0.1, 0.15) is 6.10 Å². The fourth-order valence-corrected chi connectivity index (χ4v) is 3.04. The van der Waals surface area contributed by atoms with Gasteiger partial charge in [-0.25, -0.2) is 13.6 Å². The van der Waals surface area contributed by atoms with Crippen LogP contribution < -0.4 is 0 Å². The maximum atomic E-state index is 13.3. The summed E-state index contributed by atoms with van der Waals surface area (Å²) in [5, 5.41) is 0. The Kier molecular flexibility index (Phi) is 2.96. The summed E-state index contributed by atoms with van der Waals surface area (Å²) in [6.07, 6.45) is 0.891. The number of fused-ring (bicyclic) bond motifs is 1. The topological polar surface area (TPSA) is 46.6 Å². The van der Waals surface area contributed by atoms with Crippen molar-refractivity contribution in [3.05, 3.63) is 35.4 Å². The zero-order chi connectivity index (χ0) is 14.4. The number of carbonyl (C=O) groups is 2. The lowest BCUT2D eigenvalue weighted by Gasteiger charge is -2.36. The highest BCUT2D eigenvalue weighted by molar-refractivity contribution is 6.33. The highest BCUT2D eigenvalue weighted by Gasteiger charge is 2.48. The van der Waals surface area contributed by atoms with Gasteiger partial charge in [0.25, 0.3) is 0 Å². The molecule has 20 heavy (non-hydrogen) atoms. The van der Waals surface area contributed by atoms with Gasteiger partial charge in [-0.3, -0.25) is 4.79 Å². The van der Waals surface area contributed by atoms with Crippen LogP contribution in [0.3, 0.4) is 0 Å². The number of amides is 1. The standard InChI is InChI=1S/C14H13F2NO3/c1-7-11-4-5-12(17(11)13(18)14(19)20-7)8-2-3-9(15)10(16)6-8/h2-3,6-7,11-12H,4-5H2,1H3/t7-,11+,12?/m1/s1. The molecule has 1 aromatic rings. The third-order valence-electron chi connectivity index (χ3n) is 4.00. The molecule has 3 rings (SSSR count). The third-order valence-corrected chi connectivity index (χ3v) is 4.00. The van der Waals surface area contributed by atoms with Gasteiger partial charge in [0.05, 0.1) is 12.1 Å². The average Bonchev–Trinajstić information content (AvgIpc) is 2.85. The summed E-state index contributed by atoms with van der Waals surface area (Å²) in [4.78, 5) is 24.9. The van der Waals surface area contributed by atoms with E-state index in [1.54, 1.807) is 6.92 Å². The van der Waals surface area contributed by atoms with E-state index in [1.165, 1.54) is 11.0 Å². The average molecular weight is 281 g/mol. The van der Waals surface area contributed by atoms with E-state index in [4.69, 9.17) is 4.74 Å². The zero-order valence-electron chi connectivity index (χ0n) is 10.8. The van der Waals surface area contributed by atoms with Crippen LogP contribution in [0, 0.1) is 11.6 Å². The summed E-state index contributed by atoms with van der Waals surface area (Å²) in [5.41, 5.74) is 0.502. The van der Waals surface area contributed by atoms with Crippen molar-refractivity contribution in [3.8, 4) is 0 Å². The number of rotatable bonds is 1. The van der Waals surface area contributed by atoms with Crippen LogP contribution in [0.2, 0.25) is 0 Å². The minimum Gasteiger partial charge on any atom is -0.453 e. The smallest absolute Gasteiger partial charge is 0.397 e. The van der Waals surface area contributed by atoms with Crippen molar-refractivity contribution in [2.75, 3.05) is 0 Å². The summed E-state index contributed by atoms with van der Waals surface area (Å²) >= 11 is 0. The van der Waals surface area contributed by atoms with Crippen LogP contribution in [-0.4, -0.2) is 28.9 Å². The van der Waals surface area contributed by atoms with Gasteiger partial charge in [-0.05, 0) is 37.5 Å². The molecule has 4 nitrogen and oxygen atoms in total. The molecule has 0 N–H and O–H groups in total. The molecule has 0 radical (unpaired) electrons. The normalized spacial score (nSPS) is 29.4. The number of cyclic esters (lactones) is 1. The predicted molar refractivity (Wildman–Crippen MR) is 64.5 cm³/mol. The number of halogens is 2. The largest absolute Gasteiger partial charge is 0.453 e. The molecule has 106 valence electrons. The van der Waals surface area contributed by atoms with Crippen LogP contribution in [0.5, 0.6) is 0 Å². The Labute approximate surface area is 114 Å². The van der Waals surface area contributed by atoms with Gasteiger partial charge in [-0.15, -0.1) is 0 Å². The predicted octanol–water partition coefficient (Wildman–Crippen LogP) is 1.94. The van der Waals surface area contributed by atoms with E-state index < -0.39 is 29.6 Å². The van der Waals surface area contributed by atoms with Crippen molar-refractivity contribution < 1.29 is 23.1 Å². The molecule has 1 aromatic carbocycles. The van der Waals surface area contributed by atoms with Crippen molar-refractivity contribution in [1.82, 2.24) is 4.90 Å². The van der Waals surface area contributed by atoms with Crippen LogP contribution in [0.25, 0.3) is 0 Å². The minimum atomic E-state index is -0.953. The molecule has 2 aliphatic heterocycles. The van der Waals surface area contributed by atoms with Crippen molar-refractivity contribution in [2.24, 2.45) is 0 Å². The summed E-state index contributed by atoms with van der Waals surface area (Å²) in [7, 11) is 0. The fraction of sp³-hybridized carbons (Fsp3) is 0.429. The maximum absolute atomic E-state index is 13.3. The molecule has 3 atom stereocenters. The minimum absolute atomic E-state index is 0.196. The molecule has 0 saturated carbocycles. The molecule has 1 unspecified atom stereocenters. The summed E-state index contributed by atoms with van der Waals surface area (Å²) in [5.74, 6) is -3.48. The molecule has 1 amide bonds. The molecule has 0 aliphatic carbocycles. The van der Waals surface area contributed by atoms with Gasteiger partial charge >= 0.3 is 11.9 Å². The van der Waals surface area contributed by atoms with Crippen molar-refractivity contribution in [3.63, 3.8) is 0 Å². The fourth-order valence-electron chi connectivity index (χ4n) is 3.04. The summed E-state index contributed by atoms with van der Waals surface area (Å²) in [6.45, 7) is 1.73. The van der Waals surface area contributed by atoms with Gasteiger partial charge in [0.15, 0.2) is 11.6 Å². The van der Waals surface area contributed by atoms with Crippen molar-refractivity contribution in [2.45, 2.75) is 38.0 Å². The zero-order valence-corrected chi connectivity index (χ0v) is 10.8. The number of esters is 1. The Bertz CT molecular complexity index is 590. The molecular formula is C14H13F2NO3. The second-order valence-corrected chi connectivity index (χ2v) is 5.16. The molecule has 0 aromatic heterocycles. The van der Waals surface area contributed by atoms with Crippen LogP contribution in [0.1, 0.15) is 31.4 Å². The van der Waals surface area contributed by atoms with Gasteiger partial charge < -0.3 is 9.64 Å². The van der Waals surface area contributed by atoms with E-state index >= 15 is 0 Å². The van der Waals surface area contributed by atoms with Crippen LogP contribution >= 0.6 is 0 Å². The molecular weight excluding hydrogens is 268 g/mol. The van der Waals surface area contributed by atoms with Gasteiger partial charge in [0.2, 0.25) is 0 Å². The Hall–Kier alpha value is -1.98. The van der Waals surface area contributed by atoms with E-state index in [0.717, 1.165) is 12.1 Å². The van der Waals surface area contributed by atoms with E-state index in [-0.39, 0.29) is 12.1 Å². The molecule has 2 fully saturated rings. The quantitative estimate of drug-likeness (QED) is 0.584. The van der Waals surface area contributed by atoms with E-state index in [2.05, 4.69) is 0 Å². The van der Waals surface area contributed by atoms with E-state index in [9.17, 15) is 18.4 Å². The maximum Gasteiger partial charge on any atom is 0.397 e. The number of benzene rings is 1. The summed E-state index contributed by atoms with van der Waals surface area (Å²) in [6, 6.07) is 2.97. The second kappa shape index (κ2) is 4.54. The van der Waals surface area contributed by atoms with Crippen LogP contribution in [-0.2, 0) is 14.3 Å². The molecule has 2 heterocycles. The molecule has 6 heteroatoms. The van der Waals surface area contributed by atoms with Gasteiger partial charge in [0, 0.05) is 0 Å². The molecule has 2 aliphatic rings.